The molecule has 0 aliphatic carbocycles. The second-order valence-electron chi connectivity index (χ2n) is 3.03. The SMILES string of the molecule is Cc1cc(OC(F)(F)F)c(CO)c([N+](=O)[O-])n1. The highest BCUT2D eigenvalue weighted by molar-refractivity contribution is 5.45. The highest BCUT2D eigenvalue weighted by atomic mass is 19.4. The first-order valence-corrected chi connectivity index (χ1v) is 4.26. The molecular formula is C8H7F3N2O4. The van der Waals surface area contributed by atoms with Crippen LogP contribution in [0.3, 0.4) is 0 Å². The van der Waals surface area contributed by atoms with Gasteiger partial charge in [-0.1, -0.05) is 0 Å². The lowest BCUT2D eigenvalue weighted by Crippen LogP contribution is -2.19. The fourth-order valence-electron chi connectivity index (χ4n) is 1.17. The molecule has 0 fully saturated rings. The zero-order chi connectivity index (χ0) is 13.2. The van der Waals surface area contributed by atoms with Crippen LogP contribution < -0.4 is 4.74 Å². The maximum absolute atomic E-state index is 12.0. The molecule has 0 amide bonds. The third-order valence-electron chi connectivity index (χ3n) is 1.75. The van der Waals surface area contributed by atoms with Crippen molar-refractivity contribution in [3.63, 3.8) is 0 Å². The molecule has 0 bridgehead atoms. The Morgan fingerprint density at radius 2 is 2.18 bits per heavy atom. The number of hydrogen-bond acceptors (Lipinski definition) is 5. The smallest absolute Gasteiger partial charge is 0.405 e. The molecule has 6 nitrogen and oxygen atoms in total. The molecule has 1 heterocycles. The van der Waals surface area contributed by atoms with Gasteiger partial charge in [0.05, 0.1) is 6.61 Å². The number of aliphatic hydroxyl groups is 1. The van der Waals surface area contributed by atoms with Crippen molar-refractivity contribution in [2.45, 2.75) is 19.9 Å². The Hall–Kier alpha value is -1.90. The Labute approximate surface area is 92.8 Å². The van der Waals surface area contributed by atoms with Gasteiger partial charge in [0.15, 0.2) is 5.69 Å². The summed E-state index contributed by atoms with van der Waals surface area (Å²) in [5.41, 5.74) is -0.633. The van der Waals surface area contributed by atoms with Crippen LogP contribution in [0, 0.1) is 17.0 Å². The minimum absolute atomic E-state index is 0.0202. The molecule has 0 unspecified atom stereocenters. The number of aliphatic hydroxyl groups excluding tert-OH is 1. The van der Waals surface area contributed by atoms with Gasteiger partial charge in [-0.3, -0.25) is 0 Å². The number of rotatable bonds is 3. The number of aryl methyl sites for hydroxylation is 1. The van der Waals surface area contributed by atoms with Crippen molar-refractivity contribution >= 4 is 5.82 Å². The molecule has 0 saturated heterocycles. The molecule has 0 aliphatic rings. The number of halogens is 3. The van der Waals surface area contributed by atoms with Crippen LogP contribution in [0.4, 0.5) is 19.0 Å². The number of aromatic nitrogens is 1. The summed E-state index contributed by atoms with van der Waals surface area (Å²) in [7, 11) is 0. The van der Waals surface area contributed by atoms with Crippen LogP contribution in [0.1, 0.15) is 11.3 Å². The average Bonchev–Trinajstić information content (AvgIpc) is 2.14. The first-order valence-electron chi connectivity index (χ1n) is 4.26. The molecule has 1 aromatic rings. The zero-order valence-electron chi connectivity index (χ0n) is 8.48. The standard InChI is InChI=1S/C8H7F3N2O4/c1-4-2-6(17-8(9,10)11)5(3-14)7(12-4)13(15)16/h2,14H,3H2,1H3. The van der Waals surface area contributed by atoms with Gasteiger partial charge in [-0.25, -0.2) is 0 Å². The fraction of sp³-hybridized carbons (Fsp3) is 0.375. The summed E-state index contributed by atoms with van der Waals surface area (Å²) in [4.78, 5) is 13.0. The predicted octanol–water partition coefficient (Wildman–Crippen LogP) is 1.69. The quantitative estimate of drug-likeness (QED) is 0.653. The number of nitro groups is 1. The lowest BCUT2D eigenvalue weighted by molar-refractivity contribution is -0.390. The Morgan fingerprint density at radius 1 is 1.59 bits per heavy atom. The number of nitrogens with zero attached hydrogens (tertiary/aromatic N) is 2. The number of ether oxygens (including phenoxy) is 1. The van der Waals surface area contributed by atoms with Crippen molar-refractivity contribution in [1.29, 1.82) is 0 Å². The molecule has 0 saturated carbocycles. The van der Waals surface area contributed by atoms with E-state index >= 15 is 0 Å². The van der Waals surface area contributed by atoms with Crippen molar-refractivity contribution in [3.8, 4) is 5.75 Å². The maximum Gasteiger partial charge on any atom is 0.573 e. The second-order valence-corrected chi connectivity index (χ2v) is 3.03. The van der Waals surface area contributed by atoms with E-state index < -0.39 is 35.0 Å². The molecular weight excluding hydrogens is 245 g/mol. The van der Waals surface area contributed by atoms with Crippen molar-refractivity contribution in [2.24, 2.45) is 0 Å². The largest absolute Gasteiger partial charge is 0.573 e. The lowest BCUT2D eigenvalue weighted by atomic mass is 10.2. The van der Waals surface area contributed by atoms with Gasteiger partial charge in [0, 0.05) is 13.0 Å². The number of hydrogen-bond donors (Lipinski definition) is 1. The summed E-state index contributed by atoms with van der Waals surface area (Å²) >= 11 is 0. The molecule has 94 valence electrons. The lowest BCUT2D eigenvalue weighted by Gasteiger charge is -2.11. The van der Waals surface area contributed by atoms with E-state index in [2.05, 4.69) is 9.72 Å². The fourth-order valence-corrected chi connectivity index (χ4v) is 1.17. The second kappa shape index (κ2) is 4.53. The first-order chi connectivity index (χ1) is 7.74. The molecule has 0 aliphatic heterocycles. The van der Waals surface area contributed by atoms with Crippen LogP contribution in [-0.4, -0.2) is 21.4 Å². The predicted molar refractivity (Wildman–Crippen MR) is 48.2 cm³/mol. The zero-order valence-corrected chi connectivity index (χ0v) is 8.48. The average molecular weight is 252 g/mol. The summed E-state index contributed by atoms with van der Waals surface area (Å²) in [5, 5.41) is 19.4. The van der Waals surface area contributed by atoms with Crippen molar-refractivity contribution in [1.82, 2.24) is 4.98 Å². The van der Waals surface area contributed by atoms with Crippen molar-refractivity contribution in [2.75, 3.05) is 0 Å². The van der Waals surface area contributed by atoms with E-state index in [0.717, 1.165) is 6.07 Å². The summed E-state index contributed by atoms with van der Waals surface area (Å²) in [6.45, 7) is 0.298. The molecule has 0 aromatic carbocycles. The van der Waals surface area contributed by atoms with Crippen molar-refractivity contribution in [3.05, 3.63) is 27.4 Å². The minimum atomic E-state index is -4.99. The summed E-state index contributed by atoms with van der Waals surface area (Å²) < 4.78 is 39.7. The van der Waals surface area contributed by atoms with Gasteiger partial charge in [0.25, 0.3) is 0 Å². The molecule has 1 rings (SSSR count). The highest BCUT2D eigenvalue weighted by Crippen LogP contribution is 2.31. The Kier molecular flexibility index (Phi) is 3.51. The van der Waals surface area contributed by atoms with Crippen LogP contribution in [-0.2, 0) is 6.61 Å². The Bertz CT molecular complexity index is 447. The number of pyridine rings is 1. The Balaban J connectivity index is 3.33. The van der Waals surface area contributed by atoms with E-state index in [-0.39, 0.29) is 5.69 Å². The van der Waals surface area contributed by atoms with Gasteiger partial charge >= 0.3 is 12.2 Å². The van der Waals surface area contributed by atoms with Gasteiger partial charge in [-0.2, -0.15) is 0 Å². The van der Waals surface area contributed by atoms with E-state index in [9.17, 15) is 23.3 Å². The third-order valence-corrected chi connectivity index (χ3v) is 1.75. The highest BCUT2D eigenvalue weighted by Gasteiger charge is 2.34. The summed E-state index contributed by atoms with van der Waals surface area (Å²) in [6.07, 6.45) is -4.99. The van der Waals surface area contributed by atoms with E-state index in [0.29, 0.717) is 0 Å². The number of alkyl halides is 3. The van der Waals surface area contributed by atoms with Crippen LogP contribution >= 0.6 is 0 Å². The minimum Gasteiger partial charge on any atom is -0.405 e. The van der Waals surface area contributed by atoms with E-state index in [1.807, 2.05) is 0 Å². The summed E-state index contributed by atoms with van der Waals surface area (Å²) in [6, 6.07) is 0.867. The molecule has 17 heavy (non-hydrogen) atoms. The monoisotopic (exact) mass is 252 g/mol. The van der Waals surface area contributed by atoms with E-state index in [4.69, 9.17) is 5.11 Å². The topological polar surface area (TPSA) is 85.5 Å². The van der Waals surface area contributed by atoms with Gasteiger partial charge in [-0.05, 0) is 9.91 Å². The van der Waals surface area contributed by atoms with Gasteiger partial charge < -0.3 is 20.0 Å². The Morgan fingerprint density at radius 3 is 2.59 bits per heavy atom. The van der Waals surface area contributed by atoms with Gasteiger partial charge in [0.1, 0.15) is 11.3 Å². The van der Waals surface area contributed by atoms with Gasteiger partial charge in [-0.15, -0.1) is 13.2 Å². The van der Waals surface area contributed by atoms with Crippen LogP contribution in [0.25, 0.3) is 0 Å². The maximum atomic E-state index is 12.0. The van der Waals surface area contributed by atoms with E-state index in [1.54, 1.807) is 0 Å². The normalized spacial score (nSPS) is 11.4. The van der Waals surface area contributed by atoms with Crippen molar-refractivity contribution < 1.29 is 27.9 Å². The molecule has 9 heteroatoms. The van der Waals surface area contributed by atoms with E-state index in [1.165, 1.54) is 6.92 Å². The van der Waals surface area contributed by atoms with Crippen LogP contribution in [0.5, 0.6) is 5.75 Å². The van der Waals surface area contributed by atoms with Crippen LogP contribution in [0.2, 0.25) is 0 Å². The third kappa shape index (κ3) is 3.28. The molecule has 0 spiro atoms. The molecule has 1 aromatic heterocycles. The molecule has 0 radical (unpaired) electrons. The van der Waals surface area contributed by atoms with Crippen LogP contribution in [0.15, 0.2) is 6.07 Å². The summed E-state index contributed by atoms with van der Waals surface area (Å²) in [5.74, 6) is -1.68. The van der Waals surface area contributed by atoms with Gasteiger partial charge in [0.2, 0.25) is 0 Å². The first kappa shape index (κ1) is 13.2. The molecule has 1 N–H and O–H groups in total. The molecule has 0 atom stereocenters.